The zero-order valence-electron chi connectivity index (χ0n) is 9.08. The van der Waals surface area contributed by atoms with E-state index in [2.05, 4.69) is 4.99 Å². The predicted molar refractivity (Wildman–Crippen MR) is 64.3 cm³/mol. The van der Waals surface area contributed by atoms with Gasteiger partial charge in [-0.1, -0.05) is 43.0 Å². The second-order valence-electron chi connectivity index (χ2n) is 4.31. The fourth-order valence-corrected chi connectivity index (χ4v) is 2.66. The molecule has 2 rings (SSSR count). The largest absolute Gasteiger partial charge is 0.235 e. The average molecular weight is 236 g/mol. The van der Waals surface area contributed by atoms with Gasteiger partial charge in [-0.05, 0) is 30.5 Å². The number of benzene rings is 1. The Morgan fingerprint density at radius 3 is 2.62 bits per heavy atom. The zero-order valence-corrected chi connectivity index (χ0v) is 9.83. The Balaban J connectivity index is 2.42. The number of nitrogens with zero attached hydrogens (tertiary/aromatic N) is 1. The summed E-state index contributed by atoms with van der Waals surface area (Å²) in [5.74, 6) is 0. The van der Waals surface area contributed by atoms with Crippen LogP contribution >= 0.6 is 11.6 Å². The van der Waals surface area contributed by atoms with E-state index in [4.69, 9.17) is 11.6 Å². The van der Waals surface area contributed by atoms with Crippen LogP contribution in [0.5, 0.6) is 0 Å². The number of isocyanates is 1. The van der Waals surface area contributed by atoms with E-state index in [0.717, 1.165) is 31.2 Å². The lowest BCUT2D eigenvalue weighted by atomic mass is 9.77. The van der Waals surface area contributed by atoms with Gasteiger partial charge in [0.05, 0.1) is 5.54 Å². The number of hydrogen-bond donors (Lipinski definition) is 0. The van der Waals surface area contributed by atoms with Gasteiger partial charge in [0, 0.05) is 5.02 Å². The molecule has 0 saturated heterocycles. The topological polar surface area (TPSA) is 29.4 Å². The number of aliphatic imine (C=N–C) groups is 1. The Hall–Kier alpha value is -1.11. The van der Waals surface area contributed by atoms with E-state index in [1.165, 1.54) is 6.42 Å². The van der Waals surface area contributed by atoms with E-state index in [0.29, 0.717) is 5.02 Å². The molecule has 16 heavy (non-hydrogen) atoms. The molecule has 0 radical (unpaired) electrons. The van der Waals surface area contributed by atoms with Crippen molar-refractivity contribution in [1.29, 1.82) is 0 Å². The van der Waals surface area contributed by atoms with Crippen LogP contribution in [0.15, 0.2) is 29.3 Å². The molecular formula is C13H14ClNO. The second-order valence-corrected chi connectivity index (χ2v) is 4.74. The summed E-state index contributed by atoms with van der Waals surface area (Å²) in [6, 6.07) is 7.66. The molecule has 1 aliphatic rings. The maximum Gasteiger partial charge on any atom is 0.235 e. The standard InChI is InChI=1S/C13H14ClNO/c14-12-6-4-5-11(9-12)13(15-10-16)7-2-1-3-8-13/h4-6,9H,1-3,7-8H2. The minimum Gasteiger partial charge on any atom is -0.211 e. The molecule has 0 atom stereocenters. The lowest BCUT2D eigenvalue weighted by Gasteiger charge is -2.32. The molecule has 1 saturated carbocycles. The third-order valence-electron chi connectivity index (χ3n) is 3.30. The molecule has 0 heterocycles. The summed E-state index contributed by atoms with van der Waals surface area (Å²) < 4.78 is 0. The summed E-state index contributed by atoms with van der Waals surface area (Å²) in [4.78, 5) is 14.7. The van der Waals surface area contributed by atoms with E-state index in [-0.39, 0.29) is 5.54 Å². The molecule has 1 aromatic rings. The Morgan fingerprint density at radius 1 is 1.25 bits per heavy atom. The Morgan fingerprint density at radius 2 is 2.00 bits per heavy atom. The number of hydrogen-bond acceptors (Lipinski definition) is 2. The molecule has 2 nitrogen and oxygen atoms in total. The molecule has 1 aromatic carbocycles. The highest BCUT2D eigenvalue weighted by Gasteiger charge is 2.33. The van der Waals surface area contributed by atoms with Crippen molar-refractivity contribution in [1.82, 2.24) is 0 Å². The number of rotatable bonds is 2. The highest BCUT2D eigenvalue weighted by molar-refractivity contribution is 6.30. The van der Waals surface area contributed by atoms with Gasteiger partial charge in [0.2, 0.25) is 6.08 Å². The molecule has 0 N–H and O–H groups in total. The van der Waals surface area contributed by atoms with Crippen molar-refractivity contribution < 1.29 is 4.79 Å². The van der Waals surface area contributed by atoms with Gasteiger partial charge in [0.1, 0.15) is 0 Å². The fraction of sp³-hybridized carbons (Fsp3) is 0.462. The van der Waals surface area contributed by atoms with Crippen LogP contribution in [0.3, 0.4) is 0 Å². The van der Waals surface area contributed by atoms with Crippen molar-refractivity contribution in [3.63, 3.8) is 0 Å². The summed E-state index contributed by atoms with van der Waals surface area (Å²) in [7, 11) is 0. The lowest BCUT2D eigenvalue weighted by Crippen LogP contribution is -2.26. The van der Waals surface area contributed by atoms with Crippen LogP contribution in [0.4, 0.5) is 0 Å². The highest BCUT2D eigenvalue weighted by atomic mass is 35.5. The zero-order chi connectivity index (χ0) is 11.4. The van der Waals surface area contributed by atoms with Crippen LogP contribution < -0.4 is 0 Å². The molecular weight excluding hydrogens is 222 g/mol. The van der Waals surface area contributed by atoms with Crippen LogP contribution in [0.25, 0.3) is 0 Å². The minimum absolute atomic E-state index is 0.370. The number of halogens is 1. The molecule has 84 valence electrons. The highest BCUT2D eigenvalue weighted by Crippen LogP contribution is 2.40. The van der Waals surface area contributed by atoms with Crippen molar-refractivity contribution >= 4 is 17.7 Å². The smallest absolute Gasteiger partial charge is 0.211 e. The molecule has 1 aliphatic carbocycles. The first-order chi connectivity index (χ1) is 7.77. The molecule has 0 unspecified atom stereocenters. The van der Waals surface area contributed by atoms with Gasteiger partial charge in [-0.3, -0.25) is 0 Å². The van der Waals surface area contributed by atoms with Gasteiger partial charge < -0.3 is 0 Å². The molecule has 0 spiro atoms. The van der Waals surface area contributed by atoms with E-state index >= 15 is 0 Å². The van der Waals surface area contributed by atoms with Crippen molar-refractivity contribution in [3.05, 3.63) is 34.9 Å². The van der Waals surface area contributed by atoms with Gasteiger partial charge in [-0.25, -0.2) is 4.79 Å². The summed E-state index contributed by atoms with van der Waals surface area (Å²) in [5.41, 5.74) is 0.674. The van der Waals surface area contributed by atoms with Gasteiger partial charge in [-0.2, -0.15) is 4.99 Å². The van der Waals surface area contributed by atoms with Gasteiger partial charge in [0.15, 0.2) is 0 Å². The molecule has 1 fully saturated rings. The average Bonchev–Trinajstić information content (AvgIpc) is 2.31. The van der Waals surface area contributed by atoms with Crippen molar-refractivity contribution in [2.45, 2.75) is 37.6 Å². The second kappa shape index (κ2) is 4.82. The monoisotopic (exact) mass is 235 g/mol. The Labute approximate surface area is 100 Å². The first kappa shape index (κ1) is 11.4. The normalized spacial score (nSPS) is 18.8. The van der Waals surface area contributed by atoms with Crippen LogP contribution in [-0.4, -0.2) is 6.08 Å². The van der Waals surface area contributed by atoms with E-state index in [1.807, 2.05) is 24.3 Å². The van der Waals surface area contributed by atoms with Crippen molar-refractivity contribution in [2.75, 3.05) is 0 Å². The Kier molecular flexibility index (Phi) is 3.42. The van der Waals surface area contributed by atoms with E-state index in [1.54, 1.807) is 6.08 Å². The molecule has 0 aromatic heterocycles. The fourth-order valence-electron chi connectivity index (χ4n) is 2.47. The van der Waals surface area contributed by atoms with Crippen LogP contribution in [0, 0.1) is 0 Å². The van der Waals surface area contributed by atoms with Gasteiger partial charge in [-0.15, -0.1) is 0 Å². The third kappa shape index (κ3) is 2.18. The maximum atomic E-state index is 10.6. The predicted octanol–water partition coefficient (Wildman–Crippen LogP) is 3.84. The van der Waals surface area contributed by atoms with Crippen LogP contribution in [0.2, 0.25) is 5.02 Å². The van der Waals surface area contributed by atoms with E-state index < -0.39 is 0 Å². The minimum atomic E-state index is -0.370. The summed E-state index contributed by atoms with van der Waals surface area (Å²) in [5, 5.41) is 0.698. The number of carbonyl (C=O) groups excluding carboxylic acids is 1. The van der Waals surface area contributed by atoms with Gasteiger partial charge >= 0.3 is 0 Å². The van der Waals surface area contributed by atoms with Crippen LogP contribution in [0.1, 0.15) is 37.7 Å². The van der Waals surface area contributed by atoms with Crippen LogP contribution in [-0.2, 0) is 10.3 Å². The molecule has 0 aliphatic heterocycles. The molecule has 3 heteroatoms. The Bertz CT molecular complexity index is 418. The summed E-state index contributed by atoms with van der Waals surface area (Å²) >= 11 is 5.99. The molecule has 0 bridgehead atoms. The summed E-state index contributed by atoms with van der Waals surface area (Å²) in [6.07, 6.45) is 7.00. The quantitative estimate of drug-likeness (QED) is 0.566. The molecule has 0 amide bonds. The van der Waals surface area contributed by atoms with Crippen molar-refractivity contribution in [2.24, 2.45) is 4.99 Å². The first-order valence-electron chi connectivity index (χ1n) is 5.62. The van der Waals surface area contributed by atoms with E-state index in [9.17, 15) is 4.79 Å². The summed E-state index contributed by atoms with van der Waals surface area (Å²) in [6.45, 7) is 0. The lowest BCUT2D eigenvalue weighted by molar-refractivity contribution is 0.304. The van der Waals surface area contributed by atoms with Crippen molar-refractivity contribution in [3.8, 4) is 0 Å². The maximum absolute atomic E-state index is 10.6. The SMILES string of the molecule is O=C=NC1(c2cccc(Cl)c2)CCCCC1. The first-order valence-corrected chi connectivity index (χ1v) is 6.00. The van der Waals surface area contributed by atoms with Gasteiger partial charge in [0.25, 0.3) is 0 Å². The third-order valence-corrected chi connectivity index (χ3v) is 3.54.